The van der Waals surface area contributed by atoms with E-state index in [1.54, 1.807) is 23.7 Å². The van der Waals surface area contributed by atoms with E-state index in [0.717, 1.165) is 6.08 Å². The van der Waals surface area contributed by atoms with Crippen LogP contribution < -0.4 is 10.1 Å². The molecule has 0 aliphatic carbocycles. The Labute approximate surface area is 124 Å². The highest BCUT2D eigenvalue weighted by Crippen LogP contribution is 2.27. The molecule has 21 heavy (non-hydrogen) atoms. The third-order valence-corrected chi connectivity index (χ3v) is 3.32. The van der Waals surface area contributed by atoms with Crippen LogP contribution in [0.15, 0.2) is 36.0 Å². The first-order valence-electron chi connectivity index (χ1n) is 5.89. The zero-order valence-corrected chi connectivity index (χ0v) is 11.9. The maximum atomic E-state index is 12.0. The van der Waals surface area contributed by atoms with Crippen LogP contribution in [0, 0.1) is 0 Å². The third-order valence-electron chi connectivity index (χ3n) is 2.55. The van der Waals surface area contributed by atoms with E-state index in [2.05, 4.69) is 10.3 Å². The fourth-order valence-electron chi connectivity index (χ4n) is 1.61. The quantitative estimate of drug-likeness (QED) is 0.829. The topological polar surface area (TPSA) is 88.5 Å². The maximum absolute atomic E-state index is 12.0. The summed E-state index contributed by atoms with van der Waals surface area (Å²) >= 11 is 1.23. The molecule has 1 amide bonds. The van der Waals surface area contributed by atoms with E-state index >= 15 is 0 Å². The van der Waals surface area contributed by atoms with E-state index in [4.69, 9.17) is 9.84 Å². The van der Waals surface area contributed by atoms with Crippen LogP contribution in [0.3, 0.4) is 0 Å². The largest absolute Gasteiger partial charge is 0.495 e. The number of aromatic nitrogens is 1. The minimum Gasteiger partial charge on any atom is -0.495 e. The van der Waals surface area contributed by atoms with Crippen molar-refractivity contribution in [1.29, 1.82) is 0 Å². The summed E-state index contributed by atoms with van der Waals surface area (Å²) < 4.78 is 5.18. The molecule has 0 saturated carbocycles. The van der Waals surface area contributed by atoms with E-state index in [0.29, 0.717) is 21.9 Å². The molecule has 0 bridgehead atoms. The number of carboxylic acids is 1. The summed E-state index contributed by atoms with van der Waals surface area (Å²) in [6, 6.07) is 4.99. The van der Waals surface area contributed by atoms with E-state index in [9.17, 15) is 9.59 Å². The number of carbonyl (C=O) groups is 2. The number of ether oxygens (including phenoxy) is 1. The summed E-state index contributed by atoms with van der Waals surface area (Å²) in [7, 11) is 1.49. The van der Waals surface area contributed by atoms with Gasteiger partial charge >= 0.3 is 5.97 Å². The van der Waals surface area contributed by atoms with Crippen LogP contribution in [-0.4, -0.2) is 29.1 Å². The molecule has 0 atom stereocenters. The summed E-state index contributed by atoms with van der Waals surface area (Å²) in [4.78, 5) is 26.9. The Morgan fingerprint density at radius 2 is 2.24 bits per heavy atom. The molecule has 6 nitrogen and oxygen atoms in total. The Balaban J connectivity index is 2.25. The Kier molecular flexibility index (Phi) is 4.68. The van der Waals surface area contributed by atoms with Gasteiger partial charge < -0.3 is 15.2 Å². The molecular weight excluding hydrogens is 292 g/mol. The van der Waals surface area contributed by atoms with Gasteiger partial charge in [-0.3, -0.25) is 9.78 Å². The summed E-state index contributed by atoms with van der Waals surface area (Å²) in [5, 5.41) is 11.3. The van der Waals surface area contributed by atoms with Gasteiger partial charge in [0.15, 0.2) is 0 Å². The smallest absolute Gasteiger partial charge is 0.328 e. The minimum atomic E-state index is -1.04. The number of methoxy groups -OCH3 is 1. The first-order valence-corrected chi connectivity index (χ1v) is 6.77. The number of anilines is 1. The van der Waals surface area contributed by atoms with Gasteiger partial charge in [0.05, 0.1) is 24.5 Å². The highest BCUT2D eigenvalue weighted by molar-refractivity contribution is 7.11. The third kappa shape index (κ3) is 3.90. The van der Waals surface area contributed by atoms with Gasteiger partial charge in [-0.05, 0) is 23.8 Å². The summed E-state index contributed by atoms with van der Waals surface area (Å²) in [6.07, 6.45) is 3.93. The zero-order valence-electron chi connectivity index (χ0n) is 11.1. The number of rotatable bonds is 5. The number of hydrogen-bond donors (Lipinski definition) is 2. The van der Waals surface area contributed by atoms with Crippen LogP contribution in [0.1, 0.15) is 15.2 Å². The monoisotopic (exact) mass is 304 g/mol. The van der Waals surface area contributed by atoms with Crippen molar-refractivity contribution >= 4 is 35.0 Å². The molecule has 2 rings (SSSR count). The van der Waals surface area contributed by atoms with Crippen LogP contribution in [0.4, 0.5) is 5.69 Å². The second-order valence-corrected chi connectivity index (χ2v) is 4.84. The van der Waals surface area contributed by atoms with Gasteiger partial charge in [-0.25, -0.2) is 4.79 Å². The SMILES string of the molecule is COc1ccc(/C=C/C(=O)O)cc1NC(=O)c1cncs1. The van der Waals surface area contributed by atoms with Crippen LogP contribution >= 0.6 is 11.3 Å². The second-order valence-electron chi connectivity index (χ2n) is 3.95. The first-order chi connectivity index (χ1) is 10.1. The van der Waals surface area contributed by atoms with Crippen molar-refractivity contribution in [3.63, 3.8) is 0 Å². The number of benzene rings is 1. The van der Waals surface area contributed by atoms with E-state index in [1.807, 2.05) is 0 Å². The molecule has 0 aliphatic heterocycles. The molecule has 0 unspecified atom stereocenters. The van der Waals surface area contributed by atoms with Crippen molar-refractivity contribution in [2.24, 2.45) is 0 Å². The van der Waals surface area contributed by atoms with Crippen molar-refractivity contribution < 1.29 is 19.4 Å². The van der Waals surface area contributed by atoms with Crippen LogP contribution in [-0.2, 0) is 4.79 Å². The van der Waals surface area contributed by atoms with Crippen molar-refractivity contribution in [3.8, 4) is 5.75 Å². The van der Waals surface area contributed by atoms with Gasteiger partial charge in [-0.2, -0.15) is 0 Å². The summed E-state index contributed by atoms with van der Waals surface area (Å²) in [5.41, 5.74) is 2.67. The normalized spacial score (nSPS) is 10.5. The van der Waals surface area contributed by atoms with Gasteiger partial charge in [-0.1, -0.05) is 6.07 Å². The molecule has 0 saturated heterocycles. The van der Waals surface area contributed by atoms with Crippen LogP contribution in [0.2, 0.25) is 0 Å². The number of aliphatic carboxylic acids is 1. The second kappa shape index (κ2) is 6.67. The Morgan fingerprint density at radius 3 is 2.86 bits per heavy atom. The van der Waals surface area contributed by atoms with E-state index in [1.165, 1.54) is 30.7 Å². The summed E-state index contributed by atoms with van der Waals surface area (Å²) in [6.45, 7) is 0. The average Bonchev–Trinajstić information content (AvgIpc) is 2.99. The minimum absolute atomic E-state index is 0.296. The lowest BCUT2D eigenvalue weighted by molar-refractivity contribution is -0.131. The van der Waals surface area contributed by atoms with Gasteiger partial charge in [-0.15, -0.1) is 11.3 Å². The fourth-order valence-corrected chi connectivity index (χ4v) is 2.12. The first kappa shape index (κ1) is 14.7. The molecule has 0 radical (unpaired) electrons. The molecule has 7 heteroatoms. The molecule has 1 aromatic heterocycles. The van der Waals surface area contributed by atoms with Gasteiger partial charge in [0.1, 0.15) is 10.6 Å². The van der Waals surface area contributed by atoms with Gasteiger partial charge in [0, 0.05) is 6.08 Å². The molecule has 1 aromatic carbocycles. The average molecular weight is 304 g/mol. The lowest BCUT2D eigenvalue weighted by atomic mass is 10.1. The Hall–Kier alpha value is -2.67. The number of nitrogens with one attached hydrogen (secondary N) is 1. The number of thiazole rings is 1. The molecule has 2 N–H and O–H groups in total. The van der Waals surface area contributed by atoms with Crippen molar-refractivity contribution in [2.75, 3.05) is 12.4 Å². The fraction of sp³-hybridized carbons (Fsp3) is 0.0714. The molecule has 0 fully saturated rings. The van der Waals surface area contributed by atoms with Crippen LogP contribution in [0.5, 0.6) is 5.75 Å². The predicted molar refractivity (Wildman–Crippen MR) is 79.7 cm³/mol. The van der Waals surface area contributed by atoms with Crippen molar-refractivity contribution in [2.45, 2.75) is 0 Å². The van der Waals surface area contributed by atoms with Gasteiger partial charge in [0.25, 0.3) is 5.91 Å². The molecule has 2 aromatic rings. The molecule has 0 aliphatic rings. The molecule has 108 valence electrons. The van der Waals surface area contributed by atoms with E-state index < -0.39 is 5.97 Å². The van der Waals surface area contributed by atoms with Gasteiger partial charge in [0.2, 0.25) is 0 Å². The Bertz CT molecular complexity index is 680. The zero-order chi connectivity index (χ0) is 15.2. The number of amides is 1. The maximum Gasteiger partial charge on any atom is 0.328 e. The Morgan fingerprint density at radius 1 is 1.43 bits per heavy atom. The highest BCUT2D eigenvalue weighted by Gasteiger charge is 2.11. The number of carbonyl (C=O) groups excluding carboxylic acids is 1. The number of carboxylic acid groups (broad SMARTS) is 1. The predicted octanol–water partition coefficient (Wildman–Crippen LogP) is 2.50. The van der Waals surface area contributed by atoms with Crippen LogP contribution in [0.25, 0.3) is 6.08 Å². The molecular formula is C14H12N2O4S. The molecule has 1 heterocycles. The van der Waals surface area contributed by atoms with Crippen molar-refractivity contribution in [1.82, 2.24) is 4.98 Å². The lowest BCUT2D eigenvalue weighted by Gasteiger charge is -2.10. The molecule has 0 spiro atoms. The standard InChI is InChI=1S/C14H12N2O4S/c1-20-11-4-2-9(3-5-13(17)18)6-10(11)16-14(19)12-7-15-8-21-12/h2-8H,1H3,(H,16,19)(H,17,18)/b5-3+. The van der Waals surface area contributed by atoms with E-state index in [-0.39, 0.29) is 5.91 Å². The summed E-state index contributed by atoms with van der Waals surface area (Å²) in [5.74, 6) is -0.850. The lowest BCUT2D eigenvalue weighted by Crippen LogP contribution is -2.11. The number of nitrogens with zero attached hydrogens (tertiary/aromatic N) is 1. The number of hydrogen-bond acceptors (Lipinski definition) is 5. The highest BCUT2D eigenvalue weighted by atomic mass is 32.1. The van der Waals surface area contributed by atoms with Crippen molar-refractivity contribution in [3.05, 3.63) is 46.4 Å².